The van der Waals surface area contributed by atoms with Gasteiger partial charge in [0.1, 0.15) is 9.75 Å². The molecule has 0 N–H and O–H groups in total. The van der Waals surface area contributed by atoms with Crippen LogP contribution in [-0.2, 0) is 12.8 Å². The van der Waals surface area contributed by atoms with E-state index in [1.54, 1.807) is 34.4 Å². The first kappa shape index (κ1) is 19.2. The zero-order valence-corrected chi connectivity index (χ0v) is 13.0. The van der Waals surface area contributed by atoms with Crippen molar-refractivity contribution in [1.82, 2.24) is 0 Å². The summed E-state index contributed by atoms with van der Waals surface area (Å²) >= 11 is 5.28. The fourth-order valence-electron chi connectivity index (χ4n) is 1.14. The predicted octanol–water partition coefficient (Wildman–Crippen LogP) is 5.02. The zero-order valence-electron chi connectivity index (χ0n) is 10.5. The Kier molecular flexibility index (Phi) is 9.56. The number of aryl methyl sites for hydroxylation is 2. The van der Waals surface area contributed by atoms with Crippen molar-refractivity contribution in [1.29, 1.82) is 10.5 Å². The van der Waals surface area contributed by atoms with Crippen molar-refractivity contribution in [3.05, 3.63) is 9.75 Å². The van der Waals surface area contributed by atoms with Crippen molar-refractivity contribution < 1.29 is 17.3 Å². The van der Waals surface area contributed by atoms with Crippen LogP contribution in [0.4, 0.5) is 17.3 Å². The van der Waals surface area contributed by atoms with Gasteiger partial charge >= 0.3 is 10.8 Å². The number of halogens is 4. The Balaban J connectivity index is 0.000000621. The average molecular weight is 342 g/mol. The molecule has 0 aliphatic heterocycles. The first-order valence-electron chi connectivity index (χ1n) is 5.41. The van der Waals surface area contributed by atoms with Crippen molar-refractivity contribution in [3.8, 4) is 12.1 Å². The fraction of sp³-hybridized carbons (Fsp3) is 0.500. The van der Waals surface area contributed by atoms with E-state index in [0.717, 1.165) is 12.8 Å². The lowest BCUT2D eigenvalue weighted by Gasteiger charge is -1.94. The molecule has 0 atom stereocenters. The highest BCUT2D eigenvalue weighted by atomic mass is 32.2. The summed E-state index contributed by atoms with van der Waals surface area (Å²) in [6.45, 7) is 0. The molecule has 0 bridgehead atoms. The van der Waals surface area contributed by atoms with Crippen LogP contribution < -0.4 is 0 Å². The van der Waals surface area contributed by atoms with Crippen LogP contribution in [0.15, 0.2) is 3.52 Å². The molecule has 1 rings (SSSR count). The molecule has 20 heavy (non-hydrogen) atoms. The van der Waals surface area contributed by atoms with Gasteiger partial charge in [-0.05, 0) is 6.26 Å². The van der Waals surface area contributed by atoms with Crippen molar-refractivity contribution in [2.75, 3.05) is 6.26 Å². The molecule has 110 valence electrons. The maximum absolute atomic E-state index is 9.75. The van der Waals surface area contributed by atoms with E-state index >= 15 is 0 Å². The lowest BCUT2D eigenvalue weighted by atomic mass is 10.2. The summed E-state index contributed by atoms with van der Waals surface area (Å²) in [5, 5.41) is 17.1. The fourth-order valence-corrected chi connectivity index (χ4v) is 4.67. The first-order valence-corrected chi connectivity index (χ1v) is 8.27. The molecule has 0 amide bonds. The summed E-state index contributed by atoms with van der Waals surface area (Å²) in [5.74, 6) is 0. The molecule has 1 heterocycles. The Hall–Kier alpha value is -0.835. The largest absolute Gasteiger partial charge is 0.673 e. The summed E-state index contributed by atoms with van der Waals surface area (Å²) in [7, 11) is -6.00. The SMILES string of the molecule is CSc1sc(CCC#N)c(CCC#N)[s+]1.F[B-](F)(F)F. The molecule has 0 aliphatic carbocycles. The molecule has 0 radical (unpaired) electrons. The Morgan fingerprint density at radius 2 is 1.65 bits per heavy atom. The van der Waals surface area contributed by atoms with Gasteiger partial charge in [0, 0.05) is 25.7 Å². The van der Waals surface area contributed by atoms with Gasteiger partial charge in [-0.15, -0.1) is 0 Å². The van der Waals surface area contributed by atoms with Crippen LogP contribution in [0.25, 0.3) is 0 Å². The van der Waals surface area contributed by atoms with E-state index < -0.39 is 7.25 Å². The van der Waals surface area contributed by atoms with Crippen LogP contribution in [0.3, 0.4) is 0 Å². The van der Waals surface area contributed by atoms with Gasteiger partial charge in [0.2, 0.25) is 0 Å². The van der Waals surface area contributed by atoms with Crippen LogP contribution in [0.2, 0.25) is 0 Å². The van der Waals surface area contributed by atoms with Gasteiger partial charge in [-0.25, -0.2) is 0 Å². The minimum Gasteiger partial charge on any atom is -0.418 e. The minimum atomic E-state index is -6.00. The van der Waals surface area contributed by atoms with Gasteiger partial charge in [-0.1, -0.05) is 11.8 Å². The Labute approximate surface area is 127 Å². The van der Waals surface area contributed by atoms with E-state index in [9.17, 15) is 17.3 Å². The summed E-state index contributed by atoms with van der Waals surface area (Å²) in [5.41, 5.74) is 0. The summed E-state index contributed by atoms with van der Waals surface area (Å²) in [6, 6.07) is 4.33. The van der Waals surface area contributed by atoms with E-state index in [4.69, 9.17) is 10.5 Å². The number of hydrogen-bond donors (Lipinski definition) is 0. The third kappa shape index (κ3) is 10.0. The van der Waals surface area contributed by atoms with Crippen molar-refractivity contribution in [3.63, 3.8) is 0 Å². The molecule has 0 unspecified atom stereocenters. The monoisotopic (exact) mass is 342 g/mol. The number of nitriles is 2. The van der Waals surface area contributed by atoms with Gasteiger partial charge in [0.05, 0.1) is 34.8 Å². The third-order valence-corrected chi connectivity index (χ3v) is 6.01. The molecule has 10 heteroatoms. The average Bonchev–Trinajstić information content (AvgIpc) is 2.74. The molecule has 1 aromatic heterocycles. The molecule has 0 fully saturated rings. The lowest BCUT2D eigenvalue weighted by molar-refractivity contribution is 0.368. The molecule has 0 spiro atoms. The second-order valence-electron chi connectivity index (χ2n) is 3.32. The van der Waals surface area contributed by atoms with Crippen molar-refractivity contribution >= 4 is 41.7 Å². The summed E-state index contributed by atoms with van der Waals surface area (Å²) < 4.78 is 40.3. The Bertz CT molecular complexity index is 449. The highest BCUT2D eigenvalue weighted by Gasteiger charge is 2.21. The van der Waals surface area contributed by atoms with Crippen LogP contribution in [0.1, 0.15) is 22.6 Å². The number of hydrogen-bond acceptors (Lipinski definition) is 4. The van der Waals surface area contributed by atoms with Crippen LogP contribution in [0, 0.1) is 22.7 Å². The van der Waals surface area contributed by atoms with Gasteiger partial charge in [0.15, 0.2) is 0 Å². The van der Waals surface area contributed by atoms with Gasteiger partial charge in [-0.2, -0.15) is 10.5 Å². The quantitative estimate of drug-likeness (QED) is 0.326. The van der Waals surface area contributed by atoms with Gasteiger partial charge in [-0.3, -0.25) is 0 Å². The highest BCUT2D eigenvalue weighted by Crippen LogP contribution is 2.36. The van der Waals surface area contributed by atoms with Crippen molar-refractivity contribution in [2.45, 2.75) is 29.2 Å². The summed E-state index contributed by atoms with van der Waals surface area (Å²) in [6.07, 6.45) is 4.86. The highest BCUT2D eigenvalue weighted by molar-refractivity contribution is 8.02. The topological polar surface area (TPSA) is 47.6 Å². The first-order chi connectivity index (χ1) is 9.31. The minimum absolute atomic E-state index is 0.570. The van der Waals surface area contributed by atoms with E-state index in [1.807, 2.05) is 0 Å². The zero-order chi connectivity index (χ0) is 15.6. The van der Waals surface area contributed by atoms with E-state index in [0.29, 0.717) is 12.8 Å². The lowest BCUT2D eigenvalue weighted by Crippen LogP contribution is -2.02. The second-order valence-corrected chi connectivity index (χ2v) is 7.12. The molecule has 1 aromatic rings. The second kappa shape index (κ2) is 9.97. The van der Waals surface area contributed by atoms with E-state index in [2.05, 4.69) is 18.4 Å². The van der Waals surface area contributed by atoms with E-state index in [-0.39, 0.29) is 0 Å². The summed E-state index contributed by atoms with van der Waals surface area (Å²) in [4.78, 5) is 2.59. The maximum atomic E-state index is 9.75. The molecular weight excluding hydrogens is 331 g/mol. The molecular formula is C10H11BF4N2S3. The molecule has 0 saturated heterocycles. The number of nitrogens with zero attached hydrogens (tertiary/aromatic N) is 2. The molecule has 0 aromatic carbocycles. The Morgan fingerprint density at radius 1 is 1.15 bits per heavy atom. The van der Waals surface area contributed by atoms with E-state index in [1.165, 1.54) is 13.3 Å². The molecule has 0 aliphatic rings. The standard InChI is InChI=1S/C10H11N2S3.BF4/c1-13-10-14-8(4-2-6-11)9(15-10)5-3-7-12;2-1(3,4)5/h2-5H2,1H3;/q+1;-1. The normalized spacial score (nSPS) is 10.2. The number of thioether (sulfide) groups is 1. The van der Waals surface area contributed by atoms with Crippen LogP contribution in [0.5, 0.6) is 0 Å². The third-order valence-electron chi connectivity index (χ3n) is 1.82. The molecule has 2 nitrogen and oxygen atoms in total. The number of rotatable bonds is 5. The van der Waals surface area contributed by atoms with Gasteiger partial charge in [0.25, 0.3) is 0 Å². The Morgan fingerprint density at radius 3 is 2.10 bits per heavy atom. The smallest absolute Gasteiger partial charge is 0.418 e. The predicted molar refractivity (Wildman–Crippen MR) is 76.4 cm³/mol. The van der Waals surface area contributed by atoms with Crippen LogP contribution in [-0.4, -0.2) is 13.5 Å². The van der Waals surface area contributed by atoms with Crippen LogP contribution >= 0.6 is 34.4 Å². The maximum Gasteiger partial charge on any atom is 0.673 e. The molecule has 0 saturated carbocycles. The van der Waals surface area contributed by atoms with Gasteiger partial charge < -0.3 is 17.3 Å². The van der Waals surface area contributed by atoms with Crippen molar-refractivity contribution in [2.24, 2.45) is 0 Å².